The van der Waals surface area contributed by atoms with Gasteiger partial charge in [-0.3, -0.25) is 9.69 Å². The molecule has 2 atom stereocenters. The molecule has 2 unspecified atom stereocenters. The number of hydrogen-bond donors (Lipinski definition) is 1. The number of hydrogen-bond acceptors (Lipinski definition) is 4. The fourth-order valence-electron chi connectivity index (χ4n) is 4.14. The number of rotatable bonds is 4. The van der Waals surface area contributed by atoms with E-state index in [1.165, 1.54) is 12.1 Å². The second-order valence-corrected chi connectivity index (χ2v) is 7.42. The van der Waals surface area contributed by atoms with Gasteiger partial charge in [-0.2, -0.15) is 13.2 Å². The molecular formula is C18H19F5N4O2. The Morgan fingerprint density at radius 3 is 2.59 bits per heavy atom. The van der Waals surface area contributed by atoms with Crippen molar-refractivity contribution in [2.45, 2.75) is 43.4 Å². The Labute approximate surface area is 162 Å². The molecule has 11 heteroatoms. The van der Waals surface area contributed by atoms with Crippen molar-refractivity contribution < 1.29 is 31.5 Å². The highest BCUT2D eigenvalue weighted by Gasteiger charge is 2.47. The molecule has 4 rings (SSSR count). The summed E-state index contributed by atoms with van der Waals surface area (Å²) in [5.41, 5.74) is -1.43. The number of carbonyl (C=O) groups is 1. The molecule has 2 bridgehead atoms. The van der Waals surface area contributed by atoms with Crippen LogP contribution in [0, 0.1) is 5.95 Å². The van der Waals surface area contributed by atoms with E-state index in [-0.39, 0.29) is 23.5 Å². The predicted octanol–water partition coefficient (Wildman–Crippen LogP) is 2.58. The number of fused-ring (bicyclic) bond motifs is 3. The molecule has 29 heavy (non-hydrogen) atoms. The number of amides is 1. The van der Waals surface area contributed by atoms with Crippen molar-refractivity contribution >= 4 is 16.9 Å². The molecule has 1 amide bonds. The van der Waals surface area contributed by atoms with E-state index in [0.717, 1.165) is 6.20 Å². The van der Waals surface area contributed by atoms with Crippen molar-refractivity contribution in [2.24, 2.45) is 0 Å². The summed E-state index contributed by atoms with van der Waals surface area (Å²) in [7, 11) is 1.96. The minimum absolute atomic E-state index is 0.0730. The highest BCUT2D eigenvalue weighted by molar-refractivity contribution is 6.06. The third-order valence-electron chi connectivity index (χ3n) is 5.68. The lowest BCUT2D eigenvalue weighted by molar-refractivity contribution is -0.191. The molecule has 0 aromatic carbocycles. The Morgan fingerprint density at radius 2 is 1.97 bits per heavy atom. The van der Waals surface area contributed by atoms with Crippen molar-refractivity contribution in [1.29, 1.82) is 0 Å². The summed E-state index contributed by atoms with van der Waals surface area (Å²) in [6.45, 7) is 0.995. The van der Waals surface area contributed by atoms with Crippen LogP contribution in [0.4, 0.5) is 22.0 Å². The van der Waals surface area contributed by atoms with E-state index in [9.17, 15) is 26.7 Å². The van der Waals surface area contributed by atoms with Crippen LogP contribution in [0.5, 0.6) is 0 Å². The van der Waals surface area contributed by atoms with Gasteiger partial charge in [0.15, 0.2) is 0 Å². The van der Waals surface area contributed by atoms with Crippen molar-refractivity contribution in [2.75, 3.05) is 20.3 Å². The number of carbonyl (C=O) groups excluding carboxylic acids is 1. The van der Waals surface area contributed by atoms with Crippen LogP contribution >= 0.6 is 0 Å². The van der Waals surface area contributed by atoms with Gasteiger partial charge in [-0.1, -0.05) is 0 Å². The van der Waals surface area contributed by atoms with Gasteiger partial charge in [-0.05, 0) is 32.0 Å². The topological polar surface area (TPSA) is 59.4 Å². The lowest BCUT2D eigenvalue weighted by Crippen LogP contribution is -2.59. The first-order valence-corrected chi connectivity index (χ1v) is 9.13. The van der Waals surface area contributed by atoms with Crippen LogP contribution in [0.3, 0.4) is 0 Å². The molecule has 0 aliphatic carbocycles. The van der Waals surface area contributed by atoms with Gasteiger partial charge in [0.25, 0.3) is 5.91 Å². The fourth-order valence-corrected chi connectivity index (χ4v) is 4.14. The summed E-state index contributed by atoms with van der Waals surface area (Å²) >= 11 is 0. The normalized spacial score (nSPS) is 25.6. The van der Waals surface area contributed by atoms with Crippen molar-refractivity contribution in [3.8, 4) is 0 Å². The van der Waals surface area contributed by atoms with E-state index in [1.807, 2.05) is 7.05 Å². The van der Waals surface area contributed by atoms with Gasteiger partial charge < -0.3 is 10.1 Å². The van der Waals surface area contributed by atoms with Crippen molar-refractivity contribution in [3.05, 3.63) is 29.8 Å². The van der Waals surface area contributed by atoms with Gasteiger partial charge in [0, 0.05) is 29.7 Å². The zero-order valence-corrected chi connectivity index (χ0v) is 15.4. The second kappa shape index (κ2) is 7.21. The average molecular weight is 418 g/mol. The van der Waals surface area contributed by atoms with Crippen LogP contribution in [0.25, 0.3) is 11.0 Å². The monoisotopic (exact) mass is 418 g/mol. The van der Waals surface area contributed by atoms with Crippen LogP contribution in [-0.2, 0) is 10.8 Å². The summed E-state index contributed by atoms with van der Waals surface area (Å²) in [6.07, 6.45) is -2.01. The highest BCUT2D eigenvalue weighted by atomic mass is 19.3. The summed E-state index contributed by atoms with van der Waals surface area (Å²) < 4.78 is 73.6. The minimum Gasteiger partial charge on any atom is -0.378 e. The molecule has 0 saturated carbocycles. The maximum Gasteiger partial charge on any atom is 0.392 e. The number of piperidine rings is 1. The van der Waals surface area contributed by atoms with E-state index in [4.69, 9.17) is 4.74 Å². The number of halogens is 5. The zero-order valence-electron chi connectivity index (χ0n) is 15.4. The Morgan fingerprint density at radius 1 is 1.31 bits per heavy atom. The molecular weight excluding hydrogens is 399 g/mol. The third-order valence-corrected chi connectivity index (χ3v) is 5.68. The average Bonchev–Trinajstić information content (AvgIpc) is 2.94. The largest absolute Gasteiger partial charge is 0.392 e. The second-order valence-electron chi connectivity index (χ2n) is 7.42. The molecule has 0 spiro atoms. The number of alkyl halides is 4. The Kier molecular flexibility index (Phi) is 4.97. The summed E-state index contributed by atoms with van der Waals surface area (Å²) in [5, 5.41) is 2.43. The van der Waals surface area contributed by atoms with Gasteiger partial charge >= 0.3 is 12.5 Å². The summed E-state index contributed by atoms with van der Waals surface area (Å²) in [6, 6.07) is -2.50. The predicted molar refractivity (Wildman–Crippen MR) is 92.5 cm³/mol. The molecule has 158 valence electrons. The van der Waals surface area contributed by atoms with Crippen LogP contribution in [0.1, 0.15) is 23.2 Å². The van der Waals surface area contributed by atoms with E-state index in [2.05, 4.69) is 15.2 Å². The lowest BCUT2D eigenvalue weighted by atomic mass is 9.90. The lowest BCUT2D eigenvalue weighted by Gasteiger charge is -2.46. The number of likely N-dealkylation sites (N-methyl/N-ethyl adjacent to an activating group) is 1. The van der Waals surface area contributed by atoms with Gasteiger partial charge in [-0.15, -0.1) is 0 Å². The Balaban J connectivity index is 1.67. The maximum absolute atomic E-state index is 14.9. The smallest absolute Gasteiger partial charge is 0.378 e. The first-order chi connectivity index (χ1) is 13.7. The van der Waals surface area contributed by atoms with Crippen LogP contribution in [-0.4, -0.2) is 65.2 Å². The number of aromatic nitrogens is 2. The summed E-state index contributed by atoms with van der Waals surface area (Å²) in [4.78, 5) is 18.6. The van der Waals surface area contributed by atoms with Crippen LogP contribution in [0.15, 0.2) is 18.3 Å². The number of nitrogens with zero attached hydrogens (tertiary/aromatic N) is 3. The zero-order chi connectivity index (χ0) is 20.9. The number of morpholine rings is 1. The quantitative estimate of drug-likeness (QED) is 0.776. The van der Waals surface area contributed by atoms with E-state index in [0.29, 0.717) is 26.1 Å². The molecule has 2 saturated heterocycles. The fraction of sp³-hybridized carbons (Fsp3) is 0.556. The number of ether oxygens (including phenoxy) is 1. The molecule has 2 fully saturated rings. The Hall–Kier alpha value is -2.27. The van der Waals surface area contributed by atoms with Crippen molar-refractivity contribution in [1.82, 2.24) is 19.8 Å². The van der Waals surface area contributed by atoms with E-state index in [1.54, 1.807) is 0 Å². The van der Waals surface area contributed by atoms with Gasteiger partial charge in [0.2, 0.25) is 5.95 Å². The van der Waals surface area contributed by atoms with E-state index < -0.39 is 40.1 Å². The molecule has 2 aromatic rings. The molecule has 1 N–H and O–H groups in total. The van der Waals surface area contributed by atoms with E-state index >= 15 is 0 Å². The Bertz CT molecular complexity index is 920. The molecule has 0 radical (unpaired) electrons. The molecule has 2 aromatic heterocycles. The minimum atomic E-state index is -4.85. The standard InChI is InChI=1S/C18H19F5N4O2/c1-26-10-5-9(6-11(26)8-29-7-10)25-16(28)13-12-3-2-4-24-15(12)27(14(13)19)18(22,23)17(20)21/h2-4,9-11,17H,5-8H2,1H3,(H,25,28). The summed E-state index contributed by atoms with van der Waals surface area (Å²) in [5.74, 6) is -2.67. The third kappa shape index (κ3) is 3.25. The maximum atomic E-state index is 14.9. The van der Waals surface area contributed by atoms with Crippen LogP contribution in [0.2, 0.25) is 0 Å². The molecule has 4 heterocycles. The number of nitrogens with one attached hydrogen (secondary N) is 1. The first kappa shape index (κ1) is 20.0. The molecule has 6 nitrogen and oxygen atoms in total. The SMILES string of the molecule is CN1C2COCC1CC(NC(=O)c1c(F)n(C(F)(F)C(F)F)c3ncccc13)C2. The number of pyridine rings is 1. The van der Waals surface area contributed by atoms with Gasteiger partial charge in [0.05, 0.1) is 13.2 Å². The van der Waals surface area contributed by atoms with Crippen LogP contribution < -0.4 is 5.32 Å². The molecule has 2 aliphatic rings. The first-order valence-electron chi connectivity index (χ1n) is 9.13. The molecule has 2 aliphatic heterocycles. The van der Waals surface area contributed by atoms with Gasteiger partial charge in [-0.25, -0.2) is 18.3 Å². The van der Waals surface area contributed by atoms with Crippen molar-refractivity contribution in [3.63, 3.8) is 0 Å². The van der Waals surface area contributed by atoms with Gasteiger partial charge in [0.1, 0.15) is 11.2 Å². The highest BCUT2D eigenvalue weighted by Crippen LogP contribution is 2.36.